The Labute approximate surface area is 96.5 Å². The Bertz CT molecular complexity index is 319. The number of aliphatic carboxylic acids is 2. The van der Waals surface area contributed by atoms with Crippen LogP contribution in [0.3, 0.4) is 0 Å². The van der Waals surface area contributed by atoms with Gasteiger partial charge in [0.15, 0.2) is 0 Å². The molecule has 0 bridgehead atoms. The van der Waals surface area contributed by atoms with E-state index in [1.165, 1.54) is 0 Å². The Morgan fingerprint density at radius 2 is 1.50 bits per heavy atom. The normalized spacial score (nSPS) is 12.5. The van der Waals surface area contributed by atoms with Gasteiger partial charge in [0.1, 0.15) is 6.50 Å². The highest BCUT2D eigenvalue weighted by molar-refractivity contribution is 5.80. The largest absolute Gasteiger partial charge is 0.481 e. The first kappa shape index (κ1) is 10.9. The first-order valence-corrected chi connectivity index (χ1v) is 5.02. The minimum absolute atomic E-state index is 0.0276. The second-order valence-corrected chi connectivity index (χ2v) is 3.29. The SMILES string of the molecule is [2H]C([2H])(NC(=O)CCCCCCC(=O)O)C(=O)O. The summed E-state index contributed by atoms with van der Waals surface area (Å²) in [4.78, 5) is 31.8. The molecule has 0 aliphatic carbocycles. The highest BCUT2D eigenvalue weighted by Gasteiger charge is 2.03. The lowest BCUT2D eigenvalue weighted by molar-refractivity contribution is -0.138. The second-order valence-electron chi connectivity index (χ2n) is 3.29. The third-order valence-corrected chi connectivity index (χ3v) is 1.85. The molecule has 0 aliphatic rings. The molecule has 16 heavy (non-hydrogen) atoms. The molecule has 0 rings (SSSR count). The highest BCUT2D eigenvalue weighted by atomic mass is 16.4. The Balaban J connectivity index is 3.66. The van der Waals surface area contributed by atoms with Crippen LogP contribution in [0.1, 0.15) is 41.3 Å². The van der Waals surface area contributed by atoms with Crippen LogP contribution >= 0.6 is 0 Å². The minimum Gasteiger partial charge on any atom is -0.481 e. The van der Waals surface area contributed by atoms with Crippen molar-refractivity contribution in [2.75, 3.05) is 6.50 Å². The van der Waals surface area contributed by atoms with Crippen molar-refractivity contribution in [3.8, 4) is 0 Å². The molecule has 0 unspecified atom stereocenters. The van der Waals surface area contributed by atoms with Gasteiger partial charge in [0.2, 0.25) is 5.91 Å². The fourth-order valence-electron chi connectivity index (χ4n) is 1.10. The van der Waals surface area contributed by atoms with E-state index in [4.69, 9.17) is 13.0 Å². The van der Waals surface area contributed by atoms with Gasteiger partial charge in [-0.3, -0.25) is 14.4 Å². The molecule has 0 saturated heterocycles. The second kappa shape index (κ2) is 8.70. The summed E-state index contributed by atoms with van der Waals surface area (Å²) in [6.07, 6.45) is 2.45. The molecule has 0 atom stereocenters. The Hall–Kier alpha value is -1.59. The molecule has 6 nitrogen and oxygen atoms in total. The lowest BCUT2D eigenvalue weighted by atomic mass is 10.1. The zero-order valence-electron chi connectivity index (χ0n) is 10.9. The number of rotatable bonds is 9. The highest BCUT2D eigenvalue weighted by Crippen LogP contribution is 2.05. The number of amides is 1. The van der Waals surface area contributed by atoms with Crippen molar-refractivity contribution >= 4 is 17.8 Å². The summed E-state index contributed by atoms with van der Waals surface area (Å²) in [5, 5.41) is 18.6. The van der Waals surface area contributed by atoms with Crippen LogP contribution in [-0.4, -0.2) is 34.6 Å². The maximum atomic E-state index is 11.2. The van der Waals surface area contributed by atoms with Gasteiger partial charge in [-0.15, -0.1) is 0 Å². The molecule has 0 saturated carbocycles. The van der Waals surface area contributed by atoms with E-state index in [0.29, 0.717) is 25.7 Å². The Morgan fingerprint density at radius 1 is 0.938 bits per heavy atom. The minimum atomic E-state index is -2.75. The van der Waals surface area contributed by atoms with E-state index < -0.39 is 24.3 Å². The van der Waals surface area contributed by atoms with E-state index in [-0.39, 0.29) is 12.8 Å². The molecular formula is C10H17NO5. The molecule has 0 aromatic heterocycles. The molecule has 0 spiro atoms. The molecule has 0 aromatic carbocycles. The summed E-state index contributed by atoms with van der Waals surface area (Å²) in [7, 11) is 0. The summed E-state index contributed by atoms with van der Waals surface area (Å²) in [6, 6.07) is 0. The first-order chi connectivity index (χ1) is 8.25. The van der Waals surface area contributed by atoms with Gasteiger partial charge >= 0.3 is 11.9 Å². The van der Waals surface area contributed by atoms with Gasteiger partial charge in [-0.1, -0.05) is 12.8 Å². The zero-order valence-corrected chi connectivity index (χ0v) is 8.86. The van der Waals surface area contributed by atoms with Gasteiger partial charge in [-0.25, -0.2) is 0 Å². The number of nitrogens with one attached hydrogen (secondary N) is 1. The lowest BCUT2D eigenvalue weighted by Gasteiger charge is -2.01. The van der Waals surface area contributed by atoms with Gasteiger partial charge in [-0.2, -0.15) is 0 Å². The van der Waals surface area contributed by atoms with Crippen LogP contribution in [0.4, 0.5) is 0 Å². The topological polar surface area (TPSA) is 104 Å². The monoisotopic (exact) mass is 233 g/mol. The average molecular weight is 233 g/mol. The molecular weight excluding hydrogens is 214 g/mol. The predicted molar refractivity (Wildman–Crippen MR) is 56.0 cm³/mol. The number of hydrogen-bond acceptors (Lipinski definition) is 3. The molecule has 92 valence electrons. The van der Waals surface area contributed by atoms with Crippen LogP contribution in [0.25, 0.3) is 0 Å². The number of carbonyl (C=O) groups excluding carboxylic acids is 1. The van der Waals surface area contributed by atoms with Crippen LogP contribution in [-0.2, 0) is 14.4 Å². The van der Waals surface area contributed by atoms with Gasteiger partial charge in [-0.05, 0) is 12.8 Å². The molecule has 1 amide bonds. The first-order valence-electron chi connectivity index (χ1n) is 6.02. The zero-order chi connectivity index (χ0) is 14.2. The van der Waals surface area contributed by atoms with E-state index in [0.717, 1.165) is 0 Å². The standard InChI is InChI=1S/C10H17NO5/c12-8(11-7-10(15)16)5-3-1-2-4-6-9(13)14/h1-7H2,(H,11,12)(H,13,14)(H,15,16)/i7D2. The number of hydrogen-bond donors (Lipinski definition) is 3. The quantitative estimate of drug-likeness (QED) is 0.506. The van der Waals surface area contributed by atoms with Crippen LogP contribution in [0.5, 0.6) is 0 Å². The average Bonchev–Trinajstić information content (AvgIpc) is 2.21. The van der Waals surface area contributed by atoms with Crippen molar-refractivity contribution in [1.82, 2.24) is 5.32 Å². The van der Waals surface area contributed by atoms with Crippen molar-refractivity contribution in [1.29, 1.82) is 0 Å². The summed E-state index contributed by atoms with van der Waals surface area (Å²) in [5.74, 6) is -3.26. The third-order valence-electron chi connectivity index (χ3n) is 1.85. The molecule has 0 aliphatic heterocycles. The van der Waals surface area contributed by atoms with Crippen LogP contribution in [0.2, 0.25) is 0 Å². The van der Waals surface area contributed by atoms with E-state index >= 15 is 0 Å². The van der Waals surface area contributed by atoms with Crippen molar-refractivity contribution in [3.63, 3.8) is 0 Å². The molecule has 6 heteroatoms. The number of carboxylic acids is 2. The Kier molecular flexibility index (Phi) is 5.93. The number of carboxylic acid groups (broad SMARTS) is 2. The lowest BCUT2D eigenvalue weighted by Crippen LogP contribution is -2.28. The summed E-state index contributed by atoms with van der Waals surface area (Å²) in [6.45, 7) is -2.75. The fourth-order valence-corrected chi connectivity index (χ4v) is 1.10. The number of carbonyl (C=O) groups is 3. The summed E-state index contributed by atoms with van der Waals surface area (Å²) in [5.41, 5.74) is 0. The van der Waals surface area contributed by atoms with Crippen LogP contribution in [0.15, 0.2) is 0 Å². The van der Waals surface area contributed by atoms with Crippen molar-refractivity contribution in [2.24, 2.45) is 0 Å². The van der Waals surface area contributed by atoms with Crippen LogP contribution < -0.4 is 5.32 Å². The molecule has 3 N–H and O–H groups in total. The summed E-state index contributed by atoms with van der Waals surface area (Å²) < 4.78 is 13.9. The molecule has 0 fully saturated rings. The maximum Gasteiger partial charge on any atom is 0.322 e. The van der Waals surface area contributed by atoms with Gasteiger partial charge in [0.25, 0.3) is 0 Å². The summed E-state index contributed by atoms with van der Waals surface area (Å²) >= 11 is 0. The van der Waals surface area contributed by atoms with Gasteiger partial charge in [0, 0.05) is 12.8 Å². The fraction of sp³-hybridized carbons (Fsp3) is 0.700. The smallest absolute Gasteiger partial charge is 0.322 e. The predicted octanol–water partition coefficient (Wildman–Crippen LogP) is 0.612. The van der Waals surface area contributed by atoms with Crippen molar-refractivity contribution in [2.45, 2.75) is 38.5 Å². The third kappa shape index (κ3) is 10.5. The molecule has 0 heterocycles. The van der Waals surface area contributed by atoms with E-state index in [2.05, 4.69) is 0 Å². The maximum absolute atomic E-state index is 11.2. The van der Waals surface area contributed by atoms with Crippen molar-refractivity contribution in [3.05, 3.63) is 0 Å². The van der Waals surface area contributed by atoms with Crippen molar-refractivity contribution < 1.29 is 27.3 Å². The van der Waals surface area contributed by atoms with Crippen LogP contribution in [0, 0.1) is 0 Å². The van der Waals surface area contributed by atoms with E-state index in [1.807, 2.05) is 0 Å². The van der Waals surface area contributed by atoms with E-state index in [1.54, 1.807) is 5.32 Å². The van der Waals surface area contributed by atoms with Gasteiger partial charge < -0.3 is 15.5 Å². The van der Waals surface area contributed by atoms with E-state index in [9.17, 15) is 14.4 Å². The Morgan fingerprint density at radius 3 is 2.00 bits per heavy atom. The van der Waals surface area contributed by atoms with Gasteiger partial charge in [0.05, 0.1) is 2.74 Å². The number of unbranched alkanes of at least 4 members (excludes halogenated alkanes) is 3. The molecule has 0 radical (unpaired) electrons. The molecule has 0 aromatic rings.